The van der Waals surface area contributed by atoms with Crippen LogP contribution in [0.2, 0.25) is 0 Å². The molecule has 0 saturated carbocycles. The summed E-state index contributed by atoms with van der Waals surface area (Å²) in [6.45, 7) is 0. The number of hydrogen-bond acceptors (Lipinski definition) is 3. The highest BCUT2D eigenvalue weighted by atomic mass is 79.9. The van der Waals surface area contributed by atoms with Crippen molar-refractivity contribution in [1.82, 2.24) is 4.98 Å². The standard InChI is InChI=1S/C5H4BrN.BH2O2/c6-5-2-1-3-7-4-5;2-1-3/h1-4H;2-3H. The third-order valence-corrected chi connectivity index (χ3v) is 1.09. The summed E-state index contributed by atoms with van der Waals surface area (Å²) in [7, 11) is 0. The van der Waals surface area contributed by atoms with Crippen molar-refractivity contribution in [3.63, 3.8) is 0 Å². The van der Waals surface area contributed by atoms with E-state index in [1.54, 1.807) is 12.4 Å². The van der Waals surface area contributed by atoms with E-state index >= 15 is 0 Å². The van der Waals surface area contributed by atoms with E-state index in [-0.39, 0.29) is 7.69 Å². The molecule has 0 atom stereocenters. The van der Waals surface area contributed by atoms with Crippen LogP contribution in [-0.4, -0.2) is 22.7 Å². The summed E-state index contributed by atoms with van der Waals surface area (Å²) in [5.74, 6) is 0. The van der Waals surface area contributed by atoms with Crippen LogP contribution in [0.15, 0.2) is 29.0 Å². The number of rotatable bonds is 0. The Hall–Kier alpha value is -0.385. The van der Waals surface area contributed by atoms with Crippen molar-refractivity contribution in [3.05, 3.63) is 29.0 Å². The van der Waals surface area contributed by atoms with Crippen molar-refractivity contribution in [1.29, 1.82) is 0 Å². The lowest BCUT2D eigenvalue weighted by atomic mass is 10.5. The molecule has 1 aromatic heterocycles. The molecule has 0 bridgehead atoms. The van der Waals surface area contributed by atoms with Gasteiger partial charge in [-0.1, -0.05) is 0 Å². The molecule has 0 fully saturated rings. The number of pyridine rings is 1. The lowest BCUT2D eigenvalue weighted by molar-refractivity contribution is 0.448. The second kappa shape index (κ2) is 6.73. The van der Waals surface area contributed by atoms with Gasteiger partial charge in [0.25, 0.3) is 0 Å². The van der Waals surface area contributed by atoms with E-state index in [1.807, 2.05) is 12.1 Å². The van der Waals surface area contributed by atoms with Crippen LogP contribution in [0.5, 0.6) is 0 Å². The van der Waals surface area contributed by atoms with E-state index in [0.717, 1.165) is 4.47 Å². The van der Waals surface area contributed by atoms with E-state index in [9.17, 15) is 0 Å². The normalized spacial score (nSPS) is 7.50. The first-order chi connectivity index (χ1) is 4.81. The van der Waals surface area contributed by atoms with Crippen molar-refractivity contribution in [2.24, 2.45) is 0 Å². The maximum absolute atomic E-state index is 7.00. The minimum absolute atomic E-state index is 0. The Morgan fingerprint density at radius 3 is 2.30 bits per heavy atom. The molecule has 1 rings (SSSR count). The van der Waals surface area contributed by atoms with Crippen LogP contribution in [0.3, 0.4) is 0 Å². The summed E-state index contributed by atoms with van der Waals surface area (Å²) < 4.78 is 1.02. The van der Waals surface area contributed by atoms with Gasteiger partial charge in [0, 0.05) is 16.9 Å². The smallest absolute Gasteiger partial charge is 0.429 e. The van der Waals surface area contributed by atoms with Gasteiger partial charge in [-0.05, 0) is 28.1 Å². The molecule has 0 amide bonds. The highest BCUT2D eigenvalue weighted by Gasteiger charge is 1.75. The fraction of sp³-hybridized carbons (Fsp3) is 0. The molecular formula is C5H6BBrNO2. The van der Waals surface area contributed by atoms with E-state index in [0.29, 0.717) is 0 Å². The zero-order chi connectivity index (χ0) is 7.82. The van der Waals surface area contributed by atoms with E-state index in [4.69, 9.17) is 10.0 Å². The van der Waals surface area contributed by atoms with Gasteiger partial charge < -0.3 is 10.0 Å². The van der Waals surface area contributed by atoms with Crippen molar-refractivity contribution in [3.8, 4) is 0 Å². The molecule has 0 aliphatic heterocycles. The van der Waals surface area contributed by atoms with Crippen molar-refractivity contribution >= 4 is 23.6 Å². The maximum atomic E-state index is 7.00. The van der Waals surface area contributed by atoms with Crippen molar-refractivity contribution in [2.45, 2.75) is 0 Å². The second-order valence-electron chi connectivity index (χ2n) is 1.29. The maximum Gasteiger partial charge on any atom is 0.482 e. The molecule has 10 heavy (non-hydrogen) atoms. The first kappa shape index (κ1) is 9.61. The summed E-state index contributed by atoms with van der Waals surface area (Å²) in [6.07, 6.45) is 3.49. The van der Waals surface area contributed by atoms with E-state index in [2.05, 4.69) is 20.9 Å². The summed E-state index contributed by atoms with van der Waals surface area (Å²) >= 11 is 3.25. The topological polar surface area (TPSA) is 53.4 Å². The summed E-state index contributed by atoms with van der Waals surface area (Å²) in [4.78, 5) is 3.84. The Morgan fingerprint density at radius 2 is 2.10 bits per heavy atom. The summed E-state index contributed by atoms with van der Waals surface area (Å²) in [6, 6.07) is 3.82. The van der Waals surface area contributed by atoms with Gasteiger partial charge in [-0.25, -0.2) is 0 Å². The minimum atomic E-state index is 0. The molecule has 2 N–H and O–H groups in total. The molecule has 53 valence electrons. The molecular weight excluding hydrogens is 197 g/mol. The molecule has 1 heterocycles. The van der Waals surface area contributed by atoms with Crippen molar-refractivity contribution < 1.29 is 10.0 Å². The van der Waals surface area contributed by atoms with Crippen LogP contribution >= 0.6 is 15.9 Å². The van der Waals surface area contributed by atoms with Crippen molar-refractivity contribution in [2.75, 3.05) is 0 Å². The SMILES string of the molecule is Brc1cccnc1.O[B]O. The first-order valence-corrected chi connectivity index (χ1v) is 3.26. The van der Waals surface area contributed by atoms with Crippen LogP contribution in [0.1, 0.15) is 0 Å². The largest absolute Gasteiger partial charge is 0.482 e. The van der Waals surface area contributed by atoms with Crippen LogP contribution < -0.4 is 0 Å². The fourth-order valence-electron chi connectivity index (χ4n) is 0.342. The molecule has 5 heteroatoms. The van der Waals surface area contributed by atoms with Gasteiger partial charge in [0.2, 0.25) is 0 Å². The van der Waals surface area contributed by atoms with Crippen LogP contribution in [0.4, 0.5) is 0 Å². The Balaban J connectivity index is 0.000000236. The highest BCUT2D eigenvalue weighted by molar-refractivity contribution is 9.10. The predicted molar refractivity (Wildman–Crippen MR) is 42.1 cm³/mol. The quantitative estimate of drug-likeness (QED) is 0.598. The molecule has 0 unspecified atom stereocenters. The third-order valence-electron chi connectivity index (χ3n) is 0.625. The van der Waals surface area contributed by atoms with Gasteiger partial charge in [0.15, 0.2) is 0 Å². The van der Waals surface area contributed by atoms with Gasteiger partial charge in [0.05, 0.1) is 0 Å². The monoisotopic (exact) mass is 202 g/mol. The Bertz CT molecular complexity index is 161. The van der Waals surface area contributed by atoms with Crippen LogP contribution in [0, 0.1) is 0 Å². The summed E-state index contributed by atoms with van der Waals surface area (Å²) in [5.41, 5.74) is 0. The van der Waals surface area contributed by atoms with Gasteiger partial charge in [-0.15, -0.1) is 0 Å². The van der Waals surface area contributed by atoms with Gasteiger partial charge >= 0.3 is 7.69 Å². The number of halogens is 1. The molecule has 1 radical (unpaired) electrons. The van der Waals surface area contributed by atoms with Gasteiger partial charge in [-0.3, -0.25) is 4.98 Å². The van der Waals surface area contributed by atoms with Gasteiger partial charge in [-0.2, -0.15) is 0 Å². The third kappa shape index (κ3) is 5.75. The minimum Gasteiger partial charge on any atom is -0.429 e. The van der Waals surface area contributed by atoms with E-state index < -0.39 is 0 Å². The molecule has 3 nitrogen and oxygen atoms in total. The van der Waals surface area contributed by atoms with Gasteiger partial charge in [0.1, 0.15) is 0 Å². The molecule has 0 aliphatic carbocycles. The Labute approximate surface area is 68.2 Å². The lowest BCUT2D eigenvalue weighted by Gasteiger charge is -1.80. The zero-order valence-electron chi connectivity index (χ0n) is 5.11. The van der Waals surface area contributed by atoms with Crippen LogP contribution in [-0.2, 0) is 0 Å². The Kier molecular flexibility index (Phi) is 6.47. The Morgan fingerprint density at radius 1 is 1.50 bits per heavy atom. The number of aromatic nitrogens is 1. The molecule has 0 aromatic carbocycles. The molecule has 0 aliphatic rings. The zero-order valence-corrected chi connectivity index (χ0v) is 6.69. The summed E-state index contributed by atoms with van der Waals surface area (Å²) in [5, 5.41) is 14.0. The first-order valence-electron chi connectivity index (χ1n) is 2.47. The highest BCUT2D eigenvalue weighted by Crippen LogP contribution is 2.02. The average molecular weight is 203 g/mol. The average Bonchev–Trinajstić information content (AvgIpc) is 1.91. The molecule has 0 saturated heterocycles. The number of hydrogen-bond donors (Lipinski definition) is 2. The lowest BCUT2D eigenvalue weighted by Crippen LogP contribution is -1.75. The van der Waals surface area contributed by atoms with Crippen LogP contribution in [0.25, 0.3) is 0 Å². The second-order valence-corrected chi connectivity index (χ2v) is 2.20. The molecule has 0 spiro atoms. The fourth-order valence-corrected chi connectivity index (χ4v) is 0.613. The van der Waals surface area contributed by atoms with E-state index in [1.165, 1.54) is 0 Å². The molecule has 1 aromatic rings. The number of nitrogens with zero attached hydrogens (tertiary/aromatic N) is 1. The predicted octanol–water partition coefficient (Wildman–Crippen LogP) is 0.349.